The number of aryl methyl sites for hydroxylation is 1. The Balaban J connectivity index is 2.63. The molecule has 0 fully saturated rings. The molecule has 1 rings (SSSR count). The fraction of sp³-hybridized carbons (Fsp3) is 0.727. The van der Waals surface area contributed by atoms with E-state index in [0.29, 0.717) is 6.42 Å². The molecule has 0 unspecified atom stereocenters. The molecule has 0 bridgehead atoms. The van der Waals surface area contributed by atoms with Gasteiger partial charge in [-0.25, -0.2) is 4.98 Å². The third-order valence-electron chi connectivity index (χ3n) is 2.41. The highest BCUT2D eigenvalue weighted by Gasteiger charge is 2.22. The minimum atomic E-state index is -0.461. The summed E-state index contributed by atoms with van der Waals surface area (Å²) in [6.07, 6.45) is 2.22. The van der Waals surface area contributed by atoms with E-state index in [1.54, 1.807) is 0 Å². The van der Waals surface area contributed by atoms with Crippen LogP contribution in [0.1, 0.15) is 50.1 Å². The van der Waals surface area contributed by atoms with E-state index in [1.165, 1.54) is 0 Å². The molecule has 0 radical (unpaired) electrons. The first-order valence-electron chi connectivity index (χ1n) is 5.83. The first-order valence-corrected chi connectivity index (χ1v) is 5.83. The predicted octanol–water partition coefficient (Wildman–Crippen LogP) is 0.648. The largest absolute Gasteiger partial charge is 0.396 e. The van der Waals surface area contributed by atoms with E-state index in [2.05, 4.69) is 20.5 Å². The molecule has 3 N–H and O–H groups in total. The number of hydrogen-bond donors (Lipinski definition) is 3. The smallest absolute Gasteiger partial charge is 0.291 e. The van der Waals surface area contributed by atoms with Crippen molar-refractivity contribution in [3.8, 4) is 0 Å². The Hall–Kier alpha value is -1.43. The van der Waals surface area contributed by atoms with Gasteiger partial charge in [-0.15, -0.1) is 5.10 Å². The highest BCUT2D eigenvalue weighted by atomic mass is 16.3. The lowest BCUT2D eigenvalue weighted by Crippen LogP contribution is -2.44. The van der Waals surface area contributed by atoms with Gasteiger partial charge < -0.3 is 10.4 Å². The lowest BCUT2D eigenvalue weighted by atomic mass is 10.0. The van der Waals surface area contributed by atoms with Crippen molar-refractivity contribution in [3.05, 3.63) is 11.6 Å². The van der Waals surface area contributed by atoms with Crippen molar-refractivity contribution in [1.29, 1.82) is 0 Å². The van der Waals surface area contributed by atoms with Crippen LogP contribution in [0, 0.1) is 0 Å². The molecule has 0 atom stereocenters. The van der Waals surface area contributed by atoms with Crippen molar-refractivity contribution >= 4 is 5.91 Å². The number of rotatable bonds is 6. The normalized spacial score (nSPS) is 11.5. The standard InChI is InChI=1S/C11H20N4O2/c1-4-5-8-12-9(15-14-8)10(17)13-11(2,3)6-7-16/h16H,4-7H2,1-3H3,(H,13,17)(H,12,14,15). The van der Waals surface area contributed by atoms with Crippen LogP contribution in [0.2, 0.25) is 0 Å². The van der Waals surface area contributed by atoms with Crippen molar-refractivity contribution in [3.63, 3.8) is 0 Å². The summed E-state index contributed by atoms with van der Waals surface area (Å²) in [5, 5.41) is 18.3. The second kappa shape index (κ2) is 5.77. The number of amides is 1. The molecule has 0 spiro atoms. The number of H-pyrrole nitrogens is 1. The molecule has 1 heterocycles. The molecular weight excluding hydrogens is 220 g/mol. The van der Waals surface area contributed by atoms with Gasteiger partial charge in [-0.2, -0.15) is 0 Å². The van der Waals surface area contributed by atoms with E-state index >= 15 is 0 Å². The number of hydrogen-bond acceptors (Lipinski definition) is 4. The average molecular weight is 240 g/mol. The third-order valence-corrected chi connectivity index (χ3v) is 2.41. The summed E-state index contributed by atoms with van der Waals surface area (Å²) >= 11 is 0. The first kappa shape index (κ1) is 13.6. The summed E-state index contributed by atoms with van der Waals surface area (Å²) in [5.41, 5.74) is -0.461. The molecule has 0 saturated carbocycles. The maximum Gasteiger partial charge on any atom is 0.291 e. The van der Waals surface area contributed by atoms with Gasteiger partial charge >= 0.3 is 0 Å². The SMILES string of the molecule is CCCc1nc(C(=O)NC(C)(C)CCO)n[nH]1. The maximum atomic E-state index is 11.8. The Morgan fingerprint density at radius 2 is 2.24 bits per heavy atom. The van der Waals surface area contributed by atoms with E-state index in [9.17, 15) is 4.79 Å². The van der Waals surface area contributed by atoms with E-state index in [1.807, 2.05) is 20.8 Å². The number of aliphatic hydroxyl groups is 1. The third kappa shape index (κ3) is 4.14. The van der Waals surface area contributed by atoms with Crippen LogP contribution >= 0.6 is 0 Å². The van der Waals surface area contributed by atoms with Gasteiger partial charge in [0.15, 0.2) is 0 Å². The fourth-order valence-corrected chi connectivity index (χ4v) is 1.45. The minimum Gasteiger partial charge on any atom is -0.396 e. The summed E-state index contributed by atoms with van der Waals surface area (Å²) in [5.74, 6) is 0.555. The molecule has 0 aliphatic rings. The number of nitrogens with zero attached hydrogens (tertiary/aromatic N) is 2. The quantitative estimate of drug-likeness (QED) is 0.680. The van der Waals surface area contributed by atoms with Crippen molar-refractivity contribution in [1.82, 2.24) is 20.5 Å². The number of nitrogens with one attached hydrogen (secondary N) is 2. The average Bonchev–Trinajstić information content (AvgIpc) is 2.66. The second-order valence-corrected chi connectivity index (χ2v) is 4.67. The van der Waals surface area contributed by atoms with E-state index in [-0.39, 0.29) is 18.3 Å². The Bertz CT molecular complexity index is 373. The van der Waals surface area contributed by atoms with Crippen molar-refractivity contribution < 1.29 is 9.90 Å². The summed E-state index contributed by atoms with van der Waals surface area (Å²) in [6.45, 7) is 5.76. The Labute approximate surface area is 101 Å². The van der Waals surface area contributed by atoms with Crippen LogP contribution in [-0.2, 0) is 6.42 Å². The number of carbonyl (C=O) groups is 1. The molecule has 0 aliphatic carbocycles. The summed E-state index contributed by atoms with van der Waals surface area (Å²) < 4.78 is 0. The Morgan fingerprint density at radius 3 is 2.82 bits per heavy atom. The van der Waals surface area contributed by atoms with E-state index < -0.39 is 5.54 Å². The fourth-order valence-electron chi connectivity index (χ4n) is 1.45. The van der Waals surface area contributed by atoms with Crippen LogP contribution in [-0.4, -0.2) is 38.3 Å². The van der Waals surface area contributed by atoms with Gasteiger partial charge in [-0.3, -0.25) is 9.89 Å². The van der Waals surface area contributed by atoms with Gasteiger partial charge in [0.2, 0.25) is 5.82 Å². The summed E-state index contributed by atoms with van der Waals surface area (Å²) in [4.78, 5) is 15.9. The Morgan fingerprint density at radius 1 is 1.53 bits per heavy atom. The molecule has 0 aromatic carbocycles. The van der Waals surface area contributed by atoms with Gasteiger partial charge in [-0.1, -0.05) is 6.92 Å². The number of aromatic amines is 1. The van der Waals surface area contributed by atoms with E-state index in [0.717, 1.165) is 18.7 Å². The van der Waals surface area contributed by atoms with Crippen molar-refractivity contribution in [2.45, 2.75) is 45.6 Å². The molecule has 1 amide bonds. The molecule has 6 heteroatoms. The van der Waals surface area contributed by atoms with Gasteiger partial charge in [0.1, 0.15) is 5.82 Å². The van der Waals surface area contributed by atoms with Crippen LogP contribution in [0.5, 0.6) is 0 Å². The number of aromatic nitrogens is 3. The first-order chi connectivity index (χ1) is 7.98. The molecule has 1 aromatic heterocycles. The van der Waals surface area contributed by atoms with Crippen LogP contribution in [0.4, 0.5) is 0 Å². The maximum absolute atomic E-state index is 11.8. The van der Waals surface area contributed by atoms with Crippen LogP contribution in [0.25, 0.3) is 0 Å². The minimum absolute atomic E-state index is 0.0301. The molecular formula is C11H20N4O2. The molecule has 0 saturated heterocycles. The topological polar surface area (TPSA) is 90.9 Å². The van der Waals surface area contributed by atoms with Crippen molar-refractivity contribution in [2.75, 3.05) is 6.61 Å². The van der Waals surface area contributed by atoms with Crippen LogP contribution in [0.15, 0.2) is 0 Å². The zero-order valence-corrected chi connectivity index (χ0v) is 10.6. The van der Waals surface area contributed by atoms with Crippen LogP contribution < -0.4 is 5.32 Å². The highest BCUT2D eigenvalue weighted by Crippen LogP contribution is 2.08. The molecule has 96 valence electrons. The molecule has 0 aliphatic heterocycles. The molecule has 6 nitrogen and oxygen atoms in total. The second-order valence-electron chi connectivity index (χ2n) is 4.67. The van der Waals surface area contributed by atoms with Gasteiger partial charge in [-0.05, 0) is 26.7 Å². The highest BCUT2D eigenvalue weighted by molar-refractivity contribution is 5.90. The van der Waals surface area contributed by atoms with Crippen LogP contribution in [0.3, 0.4) is 0 Å². The molecule has 17 heavy (non-hydrogen) atoms. The predicted molar refractivity (Wildman–Crippen MR) is 63.6 cm³/mol. The molecule has 1 aromatic rings. The van der Waals surface area contributed by atoms with Gasteiger partial charge in [0.25, 0.3) is 5.91 Å². The number of carbonyl (C=O) groups excluding carboxylic acids is 1. The Kier molecular flexibility index (Phi) is 4.62. The van der Waals surface area contributed by atoms with Gasteiger partial charge in [0.05, 0.1) is 0 Å². The summed E-state index contributed by atoms with van der Waals surface area (Å²) in [7, 11) is 0. The zero-order chi connectivity index (χ0) is 12.9. The van der Waals surface area contributed by atoms with Gasteiger partial charge in [0, 0.05) is 18.6 Å². The summed E-state index contributed by atoms with van der Waals surface area (Å²) in [6, 6.07) is 0. The van der Waals surface area contributed by atoms with Crippen molar-refractivity contribution in [2.24, 2.45) is 0 Å². The zero-order valence-electron chi connectivity index (χ0n) is 10.6. The number of aliphatic hydroxyl groups excluding tert-OH is 1. The lowest BCUT2D eigenvalue weighted by Gasteiger charge is -2.24. The lowest BCUT2D eigenvalue weighted by molar-refractivity contribution is 0.0889. The monoisotopic (exact) mass is 240 g/mol. The van der Waals surface area contributed by atoms with E-state index in [4.69, 9.17) is 5.11 Å².